The molecule has 0 aliphatic carbocycles. The highest BCUT2D eigenvalue weighted by molar-refractivity contribution is 5.54. The third-order valence-corrected chi connectivity index (χ3v) is 2.79. The quantitative estimate of drug-likeness (QED) is 0.381. The van der Waals surface area contributed by atoms with E-state index in [0.717, 1.165) is 0 Å². The molecule has 0 aliphatic heterocycles. The maximum atomic E-state index is 10.5. The van der Waals surface area contributed by atoms with Crippen molar-refractivity contribution in [2.24, 2.45) is 11.7 Å². The lowest BCUT2D eigenvalue weighted by atomic mass is 9.96. The summed E-state index contributed by atoms with van der Waals surface area (Å²) < 4.78 is 0. The molecule has 22 heavy (non-hydrogen) atoms. The van der Waals surface area contributed by atoms with Crippen molar-refractivity contribution in [2.45, 2.75) is 6.04 Å². The van der Waals surface area contributed by atoms with E-state index in [2.05, 4.69) is 0 Å². The maximum absolute atomic E-state index is 10.5. The highest BCUT2D eigenvalue weighted by Gasteiger charge is 2.20. The normalized spacial score (nSPS) is 12.4. The molecule has 0 bridgehead atoms. The van der Waals surface area contributed by atoms with Crippen LogP contribution in [0.25, 0.3) is 6.08 Å². The first-order valence-electron chi connectivity index (χ1n) is 6.11. The summed E-state index contributed by atoms with van der Waals surface area (Å²) in [5.41, 5.74) is 6.47. The average molecular weight is 293 g/mol. The van der Waals surface area contributed by atoms with Crippen LogP contribution >= 0.6 is 0 Å². The number of rotatable bonds is 5. The number of non-ortho nitro benzene ring substituents is 1. The number of allylic oxidation sites excluding steroid dienone is 2. The molecule has 1 aromatic rings. The van der Waals surface area contributed by atoms with Gasteiger partial charge in [-0.1, -0.05) is 12.2 Å². The molecule has 0 saturated heterocycles. The number of nitrogens with zero attached hydrogens (tertiary/aromatic N) is 4. The van der Waals surface area contributed by atoms with Crippen LogP contribution in [0.5, 0.6) is 0 Å². The number of nitro benzene ring substituents is 1. The van der Waals surface area contributed by atoms with Crippen LogP contribution in [0.4, 0.5) is 5.69 Å². The Kier molecular flexibility index (Phi) is 6.00. The molecule has 1 atom stereocenters. The van der Waals surface area contributed by atoms with E-state index < -0.39 is 16.9 Å². The first kappa shape index (κ1) is 16.6. The van der Waals surface area contributed by atoms with E-state index in [1.807, 2.05) is 6.07 Å². The van der Waals surface area contributed by atoms with E-state index in [0.29, 0.717) is 5.56 Å². The van der Waals surface area contributed by atoms with E-state index >= 15 is 0 Å². The summed E-state index contributed by atoms with van der Waals surface area (Å²) in [6.45, 7) is 0. The highest BCUT2D eigenvalue weighted by Crippen LogP contribution is 2.14. The number of benzene rings is 1. The molecule has 0 saturated carbocycles. The van der Waals surface area contributed by atoms with Crippen LogP contribution in [0.3, 0.4) is 0 Å². The molecule has 0 spiro atoms. The van der Waals surface area contributed by atoms with E-state index in [-0.39, 0.29) is 11.3 Å². The Balaban J connectivity index is 2.89. The van der Waals surface area contributed by atoms with Crippen LogP contribution in [-0.4, -0.2) is 11.0 Å². The minimum atomic E-state index is -1.10. The predicted octanol–water partition coefficient (Wildman–Crippen LogP) is 2.05. The molecule has 0 radical (unpaired) electrons. The second-order valence-corrected chi connectivity index (χ2v) is 4.20. The van der Waals surface area contributed by atoms with Gasteiger partial charge in [0.25, 0.3) is 5.69 Å². The van der Waals surface area contributed by atoms with Crippen LogP contribution in [0.1, 0.15) is 5.56 Å². The molecular formula is C15H11N5O2. The van der Waals surface area contributed by atoms with Gasteiger partial charge in [0.15, 0.2) is 5.92 Å². The smallest absolute Gasteiger partial charge is 0.269 e. The van der Waals surface area contributed by atoms with Gasteiger partial charge >= 0.3 is 0 Å². The number of nitrogens with two attached hydrogens (primary N) is 1. The molecule has 1 unspecified atom stereocenters. The van der Waals surface area contributed by atoms with Crippen molar-refractivity contribution in [3.05, 3.63) is 57.7 Å². The molecule has 1 aromatic carbocycles. The molecule has 0 aromatic heterocycles. The summed E-state index contributed by atoms with van der Waals surface area (Å²) in [6.07, 6.45) is 4.57. The lowest BCUT2D eigenvalue weighted by molar-refractivity contribution is -0.384. The summed E-state index contributed by atoms with van der Waals surface area (Å²) in [7, 11) is 0. The van der Waals surface area contributed by atoms with Gasteiger partial charge in [0, 0.05) is 17.7 Å². The van der Waals surface area contributed by atoms with Gasteiger partial charge in [-0.05, 0) is 23.8 Å². The molecule has 1 rings (SSSR count). The largest absolute Gasteiger partial charge is 0.321 e. The van der Waals surface area contributed by atoms with Gasteiger partial charge in [-0.25, -0.2) is 0 Å². The van der Waals surface area contributed by atoms with Gasteiger partial charge in [-0.15, -0.1) is 0 Å². The lowest BCUT2D eigenvalue weighted by Gasteiger charge is -2.09. The topological polar surface area (TPSA) is 141 Å². The average Bonchev–Trinajstić information content (AvgIpc) is 2.53. The molecule has 7 nitrogen and oxygen atoms in total. The van der Waals surface area contributed by atoms with Gasteiger partial charge in [0.2, 0.25) is 0 Å². The summed E-state index contributed by atoms with van der Waals surface area (Å²) in [5, 5.41) is 37.0. The molecule has 0 heterocycles. The number of hydrogen-bond donors (Lipinski definition) is 1. The molecule has 2 N–H and O–H groups in total. The van der Waals surface area contributed by atoms with Crippen molar-refractivity contribution in [1.29, 1.82) is 15.8 Å². The Bertz CT molecular complexity index is 715. The van der Waals surface area contributed by atoms with Crippen molar-refractivity contribution in [1.82, 2.24) is 0 Å². The van der Waals surface area contributed by atoms with E-state index in [1.54, 1.807) is 30.3 Å². The number of nitro groups is 1. The van der Waals surface area contributed by atoms with Gasteiger partial charge in [0.05, 0.1) is 29.2 Å². The second kappa shape index (κ2) is 7.96. The first-order valence-corrected chi connectivity index (χ1v) is 6.11. The fourth-order valence-corrected chi connectivity index (χ4v) is 1.56. The summed E-state index contributed by atoms with van der Waals surface area (Å²) in [6, 6.07) is 10.2. The Hall–Kier alpha value is -3.47. The summed E-state index contributed by atoms with van der Waals surface area (Å²) >= 11 is 0. The monoisotopic (exact) mass is 293 g/mol. The number of nitriles is 3. The van der Waals surface area contributed by atoms with Gasteiger partial charge in [0.1, 0.15) is 0 Å². The van der Waals surface area contributed by atoms with Crippen molar-refractivity contribution in [3.63, 3.8) is 0 Å². The third kappa shape index (κ3) is 4.28. The summed E-state index contributed by atoms with van der Waals surface area (Å²) in [5.74, 6) is -1.10. The molecule has 0 fully saturated rings. The van der Waals surface area contributed by atoms with Gasteiger partial charge in [-0.2, -0.15) is 15.8 Å². The zero-order valence-electron chi connectivity index (χ0n) is 11.4. The second-order valence-electron chi connectivity index (χ2n) is 4.20. The van der Waals surface area contributed by atoms with Crippen LogP contribution in [-0.2, 0) is 0 Å². The van der Waals surface area contributed by atoms with E-state index in [9.17, 15) is 10.1 Å². The van der Waals surface area contributed by atoms with Crippen LogP contribution in [0.15, 0.2) is 42.0 Å². The minimum Gasteiger partial charge on any atom is -0.321 e. The zero-order chi connectivity index (χ0) is 16.5. The van der Waals surface area contributed by atoms with Crippen molar-refractivity contribution in [3.8, 4) is 18.2 Å². The Morgan fingerprint density at radius 2 is 1.82 bits per heavy atom. The highest BCUT2D eigenvalue weighted by atomic mass is 16.6. The summed E-state index contributed by atoms with van der Waals surface area (Å²) in [4.78, 5) is 10.0. The van der Waals surface area contributed by atoms with Crippen molar-refractivity contribution in [2.75, 3.05) is 0 Å². The Morgan fingerprint density at radius 3 is 2.27 bits per heavy atom. The molecule has 0 amide bonds. The van der Waals surface area contributed by atoms with Crippen LogP contribution < -0.4 is 5.73 Å². The molecular weight excluding hydrogens is 282 g/mol. The zero-order valence-corrected chi connectivity index (χ0v) is 11.4. The molecule has 7 heteroatoms. The molecule has 108 valence electrons. The first-order chi connectivity index (χ1) is 10.5. The number of hydrogen-bond acceptors (Lipinski definition) is 6. The molecule has 0 aliphatic rings. The van der Waals surface area contributed by atoms with Gasteiger partial charge < -0.3 is 5.73 Å². The van der Waals surface area contributed by atoms with Crippen LogP contribution in [0, 0.1) is 50.0 Å². The Labute approximate surface area is 127 Å². The minimum absolute atomic E-state index is 0.0155. The predicted molar refractivity (Wildman–Crippen MR) is 78.5 cm³/mol. The SMILES string of the molecule is N#C/C(=C\C=C\c1ccc([N+](=O)[O-])cc1)C(N)C(C#N)C#N. The van der Waals surface area contributed by atoms with E-state index in [4.69, 9.17) is 21.5 Å². The van der Waals surface area contributed by atoms with E-state index in [1.165, 1.54) is 24.3 Å². The Morgan fingerprint density at radius 1 is 1.23 bits per heavy atom. The fourth-order valence-electron chi connectivity index (χ4n) is 1.56. The van der Waals surface area contributed by atoms with Gasteiger partial charge in [-0.3, -0.25) is 10.1 Å². The van der Waals surface area contributed by atoms with Crippen LogP contribution in [0.2, 0.25) is 0 Å². The fraction of sp³-hybridized carbons (Fsp3) is 0.133. The van der Waals surface area contributed by atoms with Crippen molar-refractivity contribution < 1.29 is 4.92 Å². The third-order valence-electron chi connectivity index (χ3n) is 2.79. The lowest BCUT2D eigenvalue weighted by Crippen LogP contribution is -2.29. The van der Waals surface area contributed by atoms with Crippen molar-refractivity contribution >= 4 is 11.8 Å². The standard InChI is InChI=1S/C15H11N5O2/c16-8-12(15(19)13(9-17)10-18)3-1-2-11-4-6-14(7-5-11)20(21)22/h1-7,13,15H,19H2/b2-1+,12-3+. The maximum Gasteiger partial charge on any atom is 0.269 e.